The Morgan fingerprint density at radius 3 is 2.10 bits per heavy atom. The summed E-state index contributed by atoms with van der Waals surface area (Å²) in [4.78, 5) is 23.8. The maximum Gasteiger partial charge on any atom is 0.345 e. The van der Waals surface area contributed by atoms with E-state index >= 15 is 0 Å². The molecule has 2 aromatic carbocycles. The lowest BCUT2D eigenvalue weighted by Gasteiger charge is -2.23. The molecule has 3 aromatic rings. The van der Waals surface area contributed by atoms with Gasteiger partial charge < -0.3 is 14.9 Å². The molecule has 3 rings (SSSR count). The van der Waals surface area contributed by atoms with Gasteiger partial charge in [0.05, 0.1) is 17.9 Å². The summed E-state index contributed by atoms with van der Waals surface area (Å²) < 4.78 is 4.98. The molecule has 2 N–H and O–H groups in total. The number of aromatic carboxylic acids is 1. The zero-order chi connectivity index (χ0) is 21.6. The zero-order valence-electron chi connectivity index (χ0n) is 16.3. The highest BCUT2D eigenvalue weighted by molar-refractivity contribution is 7.14. The SMILES string of the molecule is CCOC(=O)Cc1cc(C(=O)O)sc1C#CC(O)(c1ccccc1)c1ccccc1. The van der Waals surface area contributed by atoms with Gasteiger partial charge in [-0.3, -0.25) is 4.79 Å². The average molecular weight is 420 g/mol. The largest absolute Gasteiger partial charge is 0.477 e. The van der Waals surface area contributed by atoms with Crippen molar-refractivity contribution in [3.05, 3.63) is 93.2 Å². The smallest absolute Gasteiger partial charge is 0.345 e. The van der Waals surface area contributed by atoms with E-state index in [-0.39, 0.29) is 17.9 Å². The molecule has 0 aliphatic rings. The lowest BCUT2D eigenvalue weighted by Crippen LogP contribution is -2.25. The number of ether oxygens (including phenoxy) is 1. The number of carbonyl (C=O) groups is 2. The van der Waals surface area contributed by atoms with Crippen LogP contribution < -0.4 is 0 Å². The van der Waals surface area contributed by atoms with Crippen LogP contribution in [-0.2, 0) is 21.6 Å². The molecule has 1 aromatic heterocycles. The van der Waals surface area contributed by atoms with Crippen molar-refractivity contribution in [1.29, 1.82) is 0 Å². The number of carboxylic acids is 1. The monoisotopic (exact) mass is 420 g/mol. The van der Waals surface area contributed by atoms with Crippen LogP contribution in [-0.4, -0.2) is 28.8 Å². The van der Waals surface area contributed by atoms with E-state index in [1.54, 1.807) is 31.2 Å². The number of thiophene rings is 1. The van der Waals surface area contributed by atoms with Gasteiger partial charge in [-0.15, -0.1) is 11.3 Å². The molecule has 30 heavy (non-hydrogen) atoms. The molecule has 5 nitrogen and oxygen atoms in total. The molecule has 6 heteroatoms. The summed E-state index contributed by atoms with van der Waals surface area (Å²) in [6.07, 6.45) is -0.0866. The van der Waals surface area contributed by atoms with Crippen LogP contribution in [0.15, 0.2) is 66.7 Å². The molecule has 0 bridgehead atoms. The Morgan fingerprint density at radius 2 is 1.60 bits per heavy atom. The van der Waals surface area contributed by atoms with Crippen molar-refractivity contribution < 1.29 is 24.5 Å². The Balaban J connectivity index is 2.08. The third-order valence-electron chi connectivity index (χ3n) is 4.40. The number of esters is 1. The van der Waals surface area contributed by atoms with E-state index in [2.05, 4.69) is 11.8 Å². The minimum Gasteiger partial charge on any atom is -0.477 e. The van der Waals surface area contributed by atoms with Crippen molar-refractivity contribution in [3.8, 4) is 11.8 Å². The number of hydrogen-bond acceptors (Lipinski definition) is 5. The maximum absolute atomic E-state index is 11.9. The fraction of sp³-hybridized carbons (Fsp3) is 0.167. The Hall–Kier alpha value is -3.40. The quantitative estimate of drug-likeness (QED) is 0.468. The number of carboxylic acid groups (broad SMARTS) is 1. The van der Waals surface area contributed by atoms with Crippen molar-refractivity contribution in [2.24, 2.45) is 0 Å². The summed E-state index contributed by atoms with van der Waals surface area (Å²) in [6.45, 7) is 1.94. The Bertz CT molecular complexity index is 1050. The minimum atomic E-state index is -1.60. The molecule has 0 aliphatic carbocycles. The second kappa shape index (κ2) is 9.40. The summed E-state index contributed by atoms with van der Waals surface area (Å²) >= 11 is 0.967. The van der Waals surface area contributed by atoms with Gasteiger partial charge in [0, 0.05) is 11.1 Å². The predicted molar refractivity (Wildman–Crippen MR) is 114 cm³/mol. The van der Waals surface area contributed by atoms with Crippen molar-refractivity contribution in [2.45, 2.75) is 18.9 Å². The second-order valence-corrected chi connectivity index (χ2v) is 7.50. The molecule has 0 saturated heterocycles. The van der Waals surface area contributed by atoms with Crippen molar-refractivity contribution in [2.75, 3.05) is 6.61 Å². The van der Waals surface area contributed by atoms with Gasteiger partial charge in [-0.25, -0.2) is 4.79 Å². The van der Waals surface area contributed by atoms with Gasteiger partial charge in [0.2, 0.25) is 0 Å². The second-order valence-electron chi connectivity index (χ2n) is 6.44. The number of hydrogen-bond donors (Lipinski definition) is 2. The Labute approximate surface area is 178 Å². The first kappa shape index (κ1) is 21.3. The highest BCUT2D eigenvalue weighted by Crippen LogP contribution is 2.30. The topological polar surface area (TPSA) is 83.8 Å². The van der Waals surface area contributed by atoms with Crippen molar-refractivity contribution >= 4 is 23.3 Å². The minimum absolute atomic E-state index is 0.0709. The van der Waals surface area contributed by atoms with Crippen LogP contribution >= 0.6 is 11.3 Å². The van der Waals surface area contributed by atoms with Gasteiger partial charge in [-0.05, 0) is 18.6 Å². The van der Waals surface area contributed by atoms with Crippen LogP contribution in [0.4, 0.5) is 0 Å². The molecule has 0 fully saturated rings. The maximum atomic E-state index is 11.9. The Kier molecular flexibility index (Phi) is 6.68. The molecule has 0 saturated carbocycles. The molecule has 0 spiro atoms. The van der Waals surface area contributed by atoms with Crippen LogP contribution in [0.2, 0.25) is 0 Å². The van der Waals surface area contributed by atoms with E-state index in [0.29, 0.717) is 21.6 Å². The molecule has 0 atom stereocenters. The van der Waals surface area contributed by atoms with Gasteiger partial charge in [0.1, 0.15) is 4.88 Å². The zero-order valence-corrected chi connectivity index (χ0v) is 17.1. The molecule has 152 valence electrons. The van der Waals surface area contributed by atoms with Crippen molar-refractivity contribution in [3.63, 3.8) is 0 Å². The van der Waals surface area contributed by atoms with E-state index in [4.69, 9.17) is 4.74 Å². The fourth-order valence-electron chi connectivity index (χ4n) is 2.96. The normalized spacial score (nSPS) is 10.7. The molecular weight excluding hydrogens is 400 g/mol. The van der Waals surface area contributed by atoms with Gasteiger partial charge in [0.25, 0.3) is 0 Å². The molecular formula is C24H20O5S. The first-order chi connectivity index (χ1) is 14.4. The van der Waals surface area contributed by atoms with Gasteiger partial charge in [0.15, 0.2) is 5.60 Å². The molecule has 0 radical (unpaired) electrons. The first-order valence-corrected chi connectivity index (χ1v) is 10.1. The first-order valence-electron chi connectivity index (χ1n) is 9.32. The van der Waals surface area contributed by atoms with Gasteiger partial charge >= 0.3 is 11.9 Å². The summed E-state index contributed by atoms with van der Waals surface area (Å²) in [5.74, 6) is 4.28. The predicted octanol–water partition coefficient (Wildman–Crippen LogP) is 3.84. The lowest BCUT2D eigenvalue weighted by atomic mass is 9.87. The fourth-order valence-corrected chi connectivity index (χ4v) is 3.83. The van der Waals surface area contributed by atoms with Gasteiger partial charge in [-0.1, -0.05) is 72.5 Å². The molecule has 0 amide bonds. The third-order valence-corrected chi connectivity index (χ3v) is 5.48. The summed E-state index contributed by atoms with van der Waals surface area (Å²) in [7, 11) is 0. The molecule has 1 heterocycles. The lowest BCUT2D eigenvalue weighted by molar-refractivity contribution is -0.142. The average Bonchev–Trinajstić information content (AvgIpc) is 3.16. The number of aliphatic hydroxyl groups is 1. The third kappa shape index (κ3) is 4.77. The summed E-state index contributed by atoms with van der Waals surface area (Å²) in [6, 6.07) is 19.5. The summed E-state index contributed by atoms with van der Waals surface area (Å²) in [5, 5.41) is 20.9. The number of carbonyl (C=O) groups excluding carboxylic acids is 1. The molecule has 0 aliphatic heterocycles. The van der Waals surface area contributed by atoms with Crippen LogP contribution in [0.25, 0.3) is 0 Å². The van der Waals surface area contributed by atoms with Gasteiger partial charge in [-0.2, -0.15) is 0 Å². The number of benzene rings is 2. The Morgan fingerprint density at radius 1 is 1.03 bits per heavy atom. The van der Waals surface area contributed by atoms with Crippen molar-refractivity contribution in [1.82, 2.24) is 0 Å². The van der Waals surface area contributed by atoms with E-state index in [0.717, 1.165) is 11.3 Å². The summed E-state index contributed by atoms with van der Waals surface area (Å²) in [5.41, 5.74) is 0.0417. The van der Waals surface area contributed by atoms with E-state index in [1.807, 2.05) is 36.4 Å². The highest BCUT2D eigenvalue weighted by atomic mass is 32.1. The van der Waals surface area contributed by atoms with Crippen LogP contribution in [0.3, 0.4) is 0 Å². The highest BCUT2D eigenvalue weighted by Gasteiger charge is 2.29. The van der Waals surface area contributed by atoms with E-state index in [9.17, 15) is 19.8 Å². The van der Waals surface area contributed by atoms with E-state index < -0.39 is 17.5 Å². The standard InChI is InChI=1S/C24H20O5S/c1-2-29-22(25)16-17-15-21(23(26)27)30-20(17)13-14-24(28,18-9-5-3-6-10-18)19-11-7-4-8-12-19/h3-12,15,28H,2,16H2,1H3,(H,26,27). The molecule has 0 unspecified atom stereocenters. The van der Waals surface area contributed by atoms with Crippen LogP contribution in [0.5, 0.6) is 0 Å². The van der Waals surface area contributed by atoms with Crippen LogP contribution in [0, 0.1) is 11.8 Å². The number of rotatable bonds is 6. The van der Waals surface area contributed by atoms with Crippen LogP contribution in [0.1, 0.15) is 38.2 Å². The van der Waals surface area contributed by atoms with E-state index in [1.165, 1.54) is 6.07 Å².